The molecule has 2 rings (SSSR count). The van der Waals surface area contributed by atoms with Crippen LogP contribution in [0, 0.1) is 0 Å². The molecule has 0 aromatic carbocycles. The van der Waals surface area contributed by atoms with Gasteiger partial charge in [0.2, 0.25) is 5.91 Å². The van der Waals surface area contributed by atoms with Crippen LogP contribution in [-0.2, 0) is 23.7 Å². The van der Waals surface area contributed by atoms with E-state index in [1.807, 2.05) is 6.08 Å². The molecule has 1 amide bonds. The molecule has 9 N–H and O–H groups in total. The highest BCUT2D eigenvalue weighted by atomic mass is 16.7. The van der Waals surface area contributed by atoms with Gasteiger partial charge in [-0.25, -0.2) is 0 Å². The van der Waals surface area contributed by atoms with E-state index in [9.17, 15) is 45.6 Å². The predicted octanol–water partition coefficient (Wildman–Crippen LogP) is 3.20. The summed E-state index contributed by atoms with van der Waals surface area (Å²) in [5.41, 5.74) is 0. The van der Waals surface area contributed by atoms with Gasteiger partial charge in [0.25, 0.3) is 0 Å². The Morgan fingerprint density at radius 1 is 0.643 bits per heavy atom. The van der Waals surface area contributed by atoms with E-state index < -0.39 is 86.8 Å². The Bertz CT molecular complexity index is 1090. The van der Waals surface area contributed by atoms with Crippen LogP contribution in [0.1, 0.15) is 129 Å². The molecule has 12 atom stereocenters. The van der Waals surface area contributed by atoms with Gasteiger partial charge in [-0.2, -0.15) is 0 Å². The van der Waals surface area contributed by atoms with Crippen LogP contribution in [0.5, 0.6) is 0 Å². The summed E-state index contributed by atoms with van der Waals surface area (Å²) in [5, 5.41) is 85.8. The summed E-state index contributed by atoms with van der Waals surface area (Å²) in [6.45, 7) is 2.59. The summed E-state index contributed by atoms with van der Waals surface area (Å²) in [5.74, 6) is -0.258. The number of aliphatic hydroxyl groups is 8. The van der Waals surface area contributed by atoms with Crippen molar-refractivity contribution in [1.29, 1.82) is 0 Å². The first-order chi connectivity index (χ1) is 27.1. The highest BCUT2D eigenvalue weighted by Crippen LogP contribution is 2.29. The van der Waals surface area contributed by atoms with Crippen molar-refractivity contribution in [1.82, 2.24) is 5.32 Å². The molecule has 0 aliphatic carbocycles. The van der Waals surface area contributed by atoms with Crippen molar-refractivity contribution in [2.24, 2.45) is 0 Å². The minimum atomic E-state index is -1.79. The van der Waals surface area contributed by atoms with Crippen LogP contribution in [0.2, 0.25) is 0 Å². The third-order valence-corrected chi connectivity index (χ3v) is 10.3. The van der Waals surface area contributed by atoms with E-state index in [0.717, 1.165) is 64.2 Å². The SMILES string of the molecule is CCCCC/C=C\C/C=C\CCCCCCCCCC(=O)NC(COC1OC(CO)C(OC2OC(CO)C(O)C(O)C2O)C(O)C1O)C(O)/C=C/CCCCC. The van der Waals surface area contributed by atoms with Crippen LogP contribution >= 0.6 is 0 Å². The smallest absolute Gasteiger partial charge is 0.220 e. The largest absolute Gasteiger partial charge is 0.394 e. The molecular formula is C42H75NO13. The van der Waals surface area contributed by atoms with Gasteiger partial charge in [-0.05, 0) is 51.4 Å². The second-order valence-electron chi connectivity index (χ2n) is 15.1. The molecule has 2 aliphatic heterocycles. The zero-order valence-corrected chi connectivity index (χ0v) is 33.9. The quantitative estimate of drug-likeness (QED) is 0.0376. The minimum Gasteiger partial charge on any atom is -0.394 e. The molecule has 2 aliphatic rings. The minimum absolute atomic E-state index is 0.258. The third-order valence-electron chi connectivity index (χ3n) is 10.3. The number of unbranched alkanes of at least 4 members (excludes halogenated alkanes) is 13. The molecule has 12 unspecified atom stereocenters. The Hall–Kier alpha value is -1.79. The van der Waals surface area contributed by atoms with E-state index in [2.05, 4.69) is 43.5 Å². The normalized spacial score (nSPS) is 29.8. The number of ether oxygens (including phenoxy) is 4. The molecule has 0 aromatic heterocycles. The van der Waals surface area contributed by atoms with Crippen molar-refractivity contribution in [2.75, 3.05) is 19.8 Å². The molecule has 326 valence electrons. The summed E-state index contributed by atoms with van der Waals surface area (Å²) >= 11 is 0. The number of hydrogen-bond donors (Lipinski definition) is 9. The first-order valence-corrected chi connectivity index (χ1v) is 21.2. The molecule has 0 aromatic rings. The zero-order chi connectivity index (χ0) is 41.1. The van der Waals surface area contributed by atoms with E-state index in [1.165, 1.54) is 38.5 Å². The molecule has 2 fully saturated rings. The van der Waals surface area contributed by atoms with E-state index in [4.69, 9.17) is 18.9 Å². The molecule has 0 saturated carbocycles. The van der Waals surface area contributed by atoms with Crippen LogP contribution in [-0.4, -0.2) is 140 Å². The highest BCUT2D eigenvalue weighted by Gasteiger charge is 2.50. The second kappa shape index (κ2) is 30.3. The maximum absolute atomic E-state index is 13.0. The molecule has 2 heterocycles. The zero-order valence-electron chi connectivity index (χ0n) is 33.9. The Balaban J connectivity index is 1.83. The predicted molar refractivity (Wildman–Crippen MR) is 212 cm³/mol. The van der Waals surface area contributed by atoms with Crippen LogP contribution < -0.4 is 5.32 Å². The lowest BCUT2D eigenvalue weighted by molar-refractivity contribution is -0.359. The monoisotopic (exact) mass is 802 g/mol. The molecular weight excluding hydrogens is 726 g/mol. The average molecular weight is 802 g/mol. The van der Waals surface area contributed by atoms with Crippen LogP contribution in [0.25, 0.3) is 0 Å². The fourth-order valence-electron chi connectivity index (χ4n) is 6.73. The summed E-state index contributed by atoms with van der Waals surface area (Å²) in [6.07, 6.45) is 14.0. The van der Waals surface area contributed by atoms with Crippen LogP contribution in [0.3, 0.4) is 0 Å². The Labute approximate surface area is 334 Å². The van der Waals surface area contributed by atoms with Gasteiger partial charge in [-0.15, -0.1) is 0 Å². The highest BCUT2D eigenvalue weighted by molar-refractivity contribution is 5.76. The molecule has 2 saturated heterocycles. The number of hydrogen-bond acceptors (Lipinski definition) is 13. The molecule has 14 heteroatoms. The molecule has 14 nitrogen and oxygen atoms in total. The fourth-order valence-corrected chi connectivity index (χ4v) is 6.73. The number of allylic oxidation sites excluding steroid dienone is 5. The summed E-state index contributed by atoms with van der Waals surface area (Å²) < 4.78 is 22.5. The van der Waals surface area contributed by atoms with E-state index in [-0.39, 0.29) is 18.9 Å². The second-order valence-corrected chi connectivity index (χ2v) is 15.1. The molecule has 56 heavy (non-hydrogen) atoms. The summed E-state index contributed by atoms with van der Waals surface area (Å²) in [6, 6.07) is -0.913. The van der Waals surface area contributed by atoms with Gasteiger partial charge >= 0.3 is 0 Å². The fraction of sp³-hybridized carbons (Fsp3) is 0.833. The lowest BCUT2D eigenvalue weighted by atomic mass is 9.97. The first-order valence-electron chi connectivity index (χ1n) is 21.2. The molecule has 0 radical (unpaired) electrons. The van der Waals surface area contributed by atoms with Crippen molar-refractivity contribution in [2.45, 2.75) is 203 Å². The number of amides is 1. The van der Waals surface area contributed by atoms with Crippen molar-refractivity contribution in [3.63, 3.8) is 0 Å². The van der Waals surface area contributed by atoms with Gasteiger partial charge in [0, 0.05) is 6.42 Å². The van der Waals surface area contributed by atoms with Gasteiger partial charge in [0.1, 0.15) is 48.8 Å². The maximum Gasteiger partial charge on any atom is 0.220 e. The van der Waals surface area contributed by atoms with Crippen molar-refractivity contribution in [3.05, 3.63) is 36.5 Å². The number of aliphatic hydroxyl groups excluding tert-OH is 8. The first kappa shape index (κ1) is 50.4. The van der Waals surface area contributed by atoms with E-state index in [1.54, 1.807) is 6.08 Å². The van der Waals surface area contributed by atoms with Crippen molar-refractivity contribution >= 4 is 5.91 Å². The van der Waals surface area contributed by atoms with Gasteiger partial charge in [-0.1, -0.05) is 108 Å². The number of nitrogens with one attached hydrogen (secondary N) is 1. The van der Waals surface area contributed by atoms with Crippen LogP contribution in [0.15, 0.2) is 36.5 Å². The Morgan fingerprint density at radius 3 is 1.79 bits per heavy atom. The number of rotatable bonds is 30. The topological polar surface area (TPSA) is 228 Å². The van der Waals surface area contributed by atoms with Crippen molar-refractivity contribution in [3.8, 4) is 0 Å². The Kier molecular flexibility index (Phi) is 27.2. The number of carbonyl (C=O) groups excluding carboxylic acids is 1. The summed E-state index contributed by atoms with van der Waals surface area (Å²) in [4.78, 5) is 13.0. The van der Waals surface area contributed by atoms with Gasteiger partial charge in [-0.3, -0.25) is 4.79 Å². The maximum atomic E-state index is 13.0. The number of carbonyl (C=O) groups is 1. The van der Waals surface area contributed by atoms with Crippen molar-refractivity contribution < 1.29 is 64.6 Å². The lowest BCUT2D eigenvalue weighted by Gasteiger charge is -2.46. The average Bonchev–Trinajstić information content (AvgIpc) is 3.19. The van der Waals surface area contributed by atoms with Gasteiger partial charge < -0.3 is 65.1 Å². The summed E-state index contributed by atoms with van der Waals surface area (Å²) in [7, 11) is 0. The van der Waals surface area contributed by atoms with Crippen LogP contribution in [0.4, 0.5) is 0 Å². The standard InChI is InChI=1S/C42H75NO13/c1-3-5-7-9-10-11-12-13-14-15-16-17-18-19-20-22-24-26-34(47)43-30(31(46)25-23-21-8-6-4-2)29-53-41-39(52)37(50)40(33(28-45)55-41)56-42-38(51)36(49)35(48)32(27-44)54-42/h10-11,13-14,23,25,30-33,35-42,44-46,48-52H,3-9,12,15-22,24,26-29H2,1-2H3,(H,43,47)/b11-10-,14-13-,25-23+. The van der Waals surface area contributed by atoms with Gasteiger partial charge in [0.05, 0.1) is 32.0 Å². The molecule has 0 bridgehead atoms. The third kappa shape index (κ3) is 18.9. The molecule has 0 spiro atoms. The lowest BCUT2D eigenvalue weighted by Crippen LogP contribution is -2.65. The Morgan fingerprint density at radius 2 is 1.18 bits per heavy atom. The van der Waals surface area contributed by atoms with Gasteiger partial charge in [0.15, 0.2) is 12.6 Å². The van der Waals surface area contributed by atoms with E-state index in [0.29, 0.717) is 6.42 Å². The van der Waals surface area contributed by atoms with E-state index >= 15 is 0 Å².